The predicted molar refractivity (Wildman–Crippen MR) is 71.1 cm³/mol. The Morgan fingerprint density at radius 3 is 2.00 bits per heavy atom. The monoisotopic (exact) mass is 218 g/mol. The molecule has 1 aliphatic rings. The van der Waals surface area contributed by atoms with E-state index in [0.717, 1.165) is 18.5 Å². The van der Waals surface area contributed by atoms with E-state index in [1.807, 2.05) is 0 Å². The Morgan fingerprint density at radius 1 is 1.06 bits per heavy atom. The molecule has 1 fully saturated rings. The van der Waals surface area contributed by atoms with Crippen molar-refractivity contribution in [3.8, 4) is 0 Å². The predicted octanol–water partition coefficient (Wildman–Crippen LogP) is 2.99. The van der Waals surface area contributed by atoms with Crippen LogP contribution in [0, 0.1) is 0 Å². The van der Waals surface area contributed by atoms with E-state index in [-0.39, 0.29) is 0 Å². The molecule has 2 heteroatoms. The molecule has 88 valence electrons. The Labute approximate surface area is 98.4 Å². The van der Waals surface area contributed by atoms with E-state index in [9.17, 15) is 0 Å². The van der Waals surface area contributed by atoms with Crippen molar-refractivity contribution in [1.29, 1.82) is 0 Å². The molecular formula is C14H22N2. The number of nitrogens with two attached hydrogens (primary N) is 1. The molecule has 0 radical (unpaired) electrons. The van der Waals surface area contributed by atoms with Crippen molar-refractivity contribution in [3.63, 3.8) is 0 Å². The van der Waals surface area contributed by atoms with Crippen LogP contribution < -0.4 is 10.6 Å². The molecule has 0 unspecified atom stereocenters. The Hall–Kier alpha value is -1.18. The Morgan fingerprint density at radius 2 is 1.56 bits per heavy atom. The molecule has 0 atom stereocenters. The molecule has 1 aromatic rings. The first kappa shape index (κ1) is 11.3. The number of rotatable bonds is 3. The van der Waals surface area contributed by atoms with Gasteiger partial charge >= 0.3 is 0 Å². The Kier molecular flexibility index (Phi) is 3.37. The van der Waals surface area contributed by atoms with Crippen LogP contribution in [-0.4, -0.2) is 13.1 Å². The van der Waals surface area contributed by atoms with Gasteiger partial charge in [-0.25, -0.2) is 0 Å². The lowest BCUT2D eigenvalue weighted by molar-refractivity contribution is 0.949. The molecule has 0 amide bonds. The summed E-state index contributed by atoms with van der Waals surface area (Å²) in [6, 6.07) is 4.56. The SMILES string of the molecule is CCc1cc(N2CCCC2)cc(CC)c1N. The van der Waals surface area contributed by atoms with E-state index in [4.69, 9.17) is 5.73 Å². The van der Waals surface area contributed by atoms with Gasteiger partial charge in [-0.05, 0) is 48.9 Å². The summed E-state index contributed by atoms with van der Waals surface area (Å²) in [5.74, 6) is 0. The van der Waals surface area contributed by atoms with E-state index in [0.29, 0.717) is 0 Å². The van der Waals surface area contributed by atoms with Gasteiger partial charge in [-0.15, -0.1) is 0 Å². The lowest BCUT2D eigenvalue weighted by Crippen LogP contribution is -2.18. The van der Waals surface area contributed by atoms with Crippen LogP contribution in [-0.2, 0) is 12.8 Å². The van der Waals surface area contributed by atoms with Crippen molar-refractivity contribution in [3.05, 3.63) is 23.3 Å². The van der Waals surface area contributed by atoms with Crippen LogP contribution in [0.5, 0.6) is 0 Å². The second-order valence-corrected chi connectivity index (χ2v) is 4.58. The minimum absolute atomic E-state index is 1.01. The van der Waals surface area contributed by atoms with Crippen molar-refractivity contribution in [2.75, 3.05) is 23.7 Å². The van der Waals surface area contributed by atoms with Gasteiger partial charge in [-0.3, -0.25) is 0 Å². The zero-order chi connectivity index (χ0) is 11.5. The normalized spacial score (nSPS) is 15.8. The van der Waals surface area contributed by atoms with Gasteiger partial charge in [0.2, 0.25) is 0 Å². The van der Waals surface area contributed by atoms with E-state index in [1.54, 1.807) is 0 Å². The quantitative estimate of drug-likeness (QED) is 0.790. The molecule has 16 heavy (non-hydrogen) atoms. The van der Waals surface area contributed by atoms with Crippen LogP contribution in [0.15, 0.2) is 12.1 Å². The van der Waals surface area contributed by atoms with Crippen LogP contribution in [0.4, 0.5) is 11.4 Å². The lowest BCUT2D eigenvalue weighted by Gasteiger charge is -2.21. The molecule has 1 saturated heterocycles. The highest BCUT2D eigenvalue weighted by Crippen LogP contribution is 2.28. The highest BCUT2D eigenvalue weighted by atomic mass is 15.1. The van der Waals surface area contributed by atoms with Crippen molar-refractivity contribution >= 4 is 11.4 Å². The van der Waals surface area contributed by atoms with Crippen molar-refractivity contribution < 1.29 is 0 Å². The first-order valence-corrected chi connectivity index (χ1v) is 6.42. The van der Waals surface area contributed by atoms with Gasteiger partial charge in [0.25, 0.3) is 0 Å². The van der Waals surface area contributed by atoms with Crippen molar-refractivity contribution in [2.24, 2.45) is 0 Å². The molecular weight excluding hydrogens is 196 g/mol. The van der Waals surface area contributed by atoms with Gasteiger partial charge in [0.05, 0.1) is 0 Å². The first-order chi connectivity index (χ1) is 7.76. The van der Waals surface area contributed by atoms with E-state index in [2.05, 4.69) is 30.9 Å². The molecule has 1 heterocycles. The maximum atomic E-state index is 6.15. The molecule has 2 rings (SSSR count). The average molecular weight is 218 g/mol. The summed E-state index contributed by atoms with van der Waals surface area (Å²) in [7, 11) is 0. The standard InChI is InChI=1S/C14H22N2/c1-3-11-9-13(16-7-5-6-8-16)10-12(4-2)14(11)15/h9-10H,3-8,15H2,1-2H3. The van der Waals surface area contributed by atoms with Crippen molar-refractivity contribution in [2.45, 2.75) is 39.5 Å². The topological polar surface area (TPSA) is 29.3 Å². The lowest BCUT2D eigenvalue weighted by atomic mass is 10.0. The summed E-state index contributed by atoms with van der Waals surface area (Å²) in [4.78, 5) is 2.48. The number of aryl methyl sites for hydroxylation is 2. The van der Waals surface area contributed by atoms with Gasteiger partial charge in [0, 0.05) is 24.5 Å². The molecule has 0 spiro atoms. The zero-order valence-corrected chi connectivity index (χ0v) is 10.4. The molecule has 2 nitrogen and oxygen atoms in total. The summed E-state index contributed by atoms with van der Waals surface area (Å²) in [5.41, 5.74) is 11.1. The molecule has 0 aliphatic carbocycles. The summed E-state index contributed by atoms with van der Waals surface area (Å²) < 4.78 is 0. The van der Waals surface area contributed by atoms with Gasteiger partial charge in [0.15, 0.2) is 0 Å². The maximum absolute atomic E-state index is 6.15. The van der Waals surface area contributed by atoms with Crippen LogP contribution in [0.25, 0.3) is 0 Å². The molecule has 2 N–H and O–H groups in total. The fourth-order valence-corrected chi connectivity index (χ4v) is 2.50. The highest BCUT2D eigenvalue weighted by molar-refractivity contribution is 5.64. The average Bonchev–Trinajstić information content (AvgIpc) is 2.83. The van der Waals surface area contributed by atoms with Crippen LogP contribution >= 0.6 is 0 Å². The fourth-order valence-electron chi connectivity index (χ4n) is 2.50. The number of hydrogen-bond acceptors (Lipinski definition) is 2. The summed E-state index contributed by atoms with van der Waals surface area (Å²) in [6.07, 6.45) is 4.71. The van der Waals surface area contributed by atoms with Crippen LogP contribution in [0.3, 0.4) is 0 Å². The van der Waals surface area contributed by atoms with Gasteiger partial charge < -0.3 is 10.6 Å². The summed E-state index contributed by atoms with van der Waals surface area (Å²) >= 11 is 0. The minimum Gasteiger partial charge on any atom is -0.398 e. The summed E-state index contributed by atoms with van der Waals surface area (Å²) in [6.45, 7) is 6.77. The Balaban J connectivity index is 2.37. The largest absolute Gasteiger partial charge is 0.398 e. The van der Waals surface area contributed by atoms with Crippen LogP contribution in [0.2, 0.25) is 0 Å². The molecule has 0 saturated carbocycles. The number of nitrogens with zero attached hydrogens (tertiary/aromatic N) is 1. The fraction of sp³-hybridized carbons (Fsp3) is 0.571. The third kappa shape index (κ3) is 2.01. The summed E-state index contributed by atoms with van der Waals surface area (Å²) in [5, 5.41) is 0. The molecule has 1 aromatic carbocycles. The maximum Gasteiger partial charge on any atom is 0.0380 e. The van der Waals surface area contributed by atoms with Gasteiger partial charge in [-0.1, -0.05) is 13.8 Å². The zero-order valence-electron chi connectivity index (χ0n) is 10.4. The second kappa shape index (κ2) is 4.77. The van der Waals surface area contributed by atoms with Gasteiger partial charge in [0.1, 0.15) is 0 Å². The first-order valence-electron chi connectivity index (χ1n) is 6.42. The number of nitrogen functional groups attached to an aromatic ring is 1. The van der Waals surface area contributed by atoms with Crippen LogP contribution in [0.1, 0.15) is 37.8 Å². The molecule has 0 aromatic heterocycles. The number of benzene rings is 1. The van der Waals surface area contributed by atoms with E-state index in [1.165, 1.54) is 42.7 Å². The third-order valence-electron chi connectivity index (χ3n) is 3.57. The minimum atomic E-state index is 1.01. The Bertz CT molecular complexity index is 340. The molecule has 1 aliphatic heterocycles. The molecule has 0 bridgehead atoms. The number of hydrogen-bond donors (Lipinski definition) is 1. The van der Waals surface area contributed by atoms with E-state index >= 15 is 0 Å². The van der Waals surface area contributed by atoms with Gasteiger partial charge in [-0.2, -0.15) is 0 Å². The third-order valence-corrected chi connectivity index (χ3v) is 3.57. The second-order valence-electron chi connectivity index (χ2n) is 4.58. The highest BCUT2D eigenvalue weighted by Gasteiger charge is 2.14. The smallest absolute Gasteiger partial charge is 0.0380 e. The van der Waals surface area contributed by atoms with Crippen molar-refractivity contribution in [1.82, 2.24) is 0 Å². The van der Waals surface area contributed by atoms with E-state index < -0.39 is 0 Å². The number of anilines is 2.